The number of benzene rings is 1. The normalized spacial score (nSPS) is 31.8. The molecule has 3 unspecified atom stereocenters. The van der Waals surface area contributed by atoms with Crippen LogP contribution < -0.4 is 4.90 Å². The highest BCUT2D eigenvalue weighted by Crippen LogP contribution is 2.44. The molecule has 5 nitrogen and oxygen atoms in total. The van der Waals surface area contributed by atoms with Crippen LogP contribution in [0.25, 0.3) is 0 Å². The Kier molecular flexibility index (Phi) is 5.34. The molecule has 1 spiro atoms. The van der Waals surface area contributed by atoms with Gasteiger partial charge >= 0.3 is 0 Å². The number of anilines is 1. The van der Waals surface area contributed by atoms with Crippen LogP contribution in [0.4, 0.5) is 5.69 Å². The molecule has 1 aromatic carbocycles. The third-order valence-corrected chi connectivity index (χ3v) is 8.57. The van der Waals surface area contributed by atoms with Crippen molar-refractivity contribution in [2.45, 2.75) is 76.3 Å². The van der Waals surface area contributed by atoms with Gasteiger partial charge in [0.25, 0.3) is 0 Å². The van der Waals surface area contributed by atoms with Crippen molar-refractivity contribution in [3.8, 4) is 0 Å². The van der Waals surface area contributed by atoms with E-state index in [-0.39, 0.29) is 11.3 Å². The molecule has 162 valence electrons. The largest absolute Gasteiger partial charge is 0.345 e. The van der Waals surface area contributed by atoms with Gasteiger partial charge < -0.3 is 9.80 Å². The smallest absolute Gasteiger partial charge is 0.233 e. The van der Waals surface area contributed by atoms with Crippen LogP contribution in [-0.4, -0.2) is 60.4 Å². The molecule has 5 heteroatoms. The summed E-state index contributed by atoms with van der Waals surface area (Å²) in [7, 11) is 0. The predicted molar refractivity (Wildman–Crippen MR) is 118 cm³/mol. The van der Waals surface area contributed by atoms with Gasteiger partial charge in [0.15, 0.2) is 0 Å². The Morgan fingerprint density at radius 3 is 2.37 bits per heavy atom. The SMILES string of the molecule is CC1CCCN1C1CCC(c2ccc(N3CCC4(CCN(C=O)CC4)C3=O)cc2)C1. The van der Waals surface area contributed by atoms with Crippen molar-refractivity contribution in [1.82, 2.24) is 9.80 Å². The molecule has 0 radical (unpaired) electrons. The fraction of sp³-hybridized carbons (Fsp3) is 0.680. The second-order valence-electron chi connectivity index (χ2n) is 10.1. The van der Waals surface area contributed by atoms with Crippen molar-refractivity contribution < 1.29 is 9.59 Å². The second kappa shape index (κ2) is 7.99. The molecule has 0 bridgehead atoms. The number of carbonyl (C=O) groups is 2. The highest BCUT2D eigenvalue weighted by atomic mass is 16.2. The van der Waals surface area contributed by atoms with Crippen LogP contribution in [0.3, 0.4) is 0 Å². The molecular weight excluding hydrogens is 374 g/mol. The Morgan fingerprint density at radius 2 is 1.70 bits per heavy atom. The first-order chi connectivity index (χ1) is 14.6. The lowest BCUT2D eigenvalue weighted by atomic mass is 9.77. The molecule has 30 heavy (non-hydrogen) atoms. The molecule has 1 saturated carbocycles. The van der Waals surface area contributed by atoms with Gasteiger partial charge in [0.2, 0.25) is 12.3 Å². The predicted octanol–water partition coefficient (Wildman–Crippen LogP) is 3.78. The maximum absolute atomic E-state index is 13.3. The zero-order valence-corrected chi connectivity index (χ0v) is 18.3. The minimum atomic E-state index is -0.247. The Labute approximate surface area is 180 Å². The molecule has 5 rings (SSSR count). The van der Waals surface area contributed by atoms with Gasteiger partial charge in [-0.25, -0.2) is 0 Å². The summed E-state index contributed by atoms with van der Waals surface area (Å²) in [6.45, 7) is 5.89. The quantitative estimate of drug-likeness (QED) is 0.711. The molecule has 4 aliphatic rings. The van der Waals surface area contributed by atoms with Crippen molar-refractivity contribution in [1.29, 1.82) is 0 Å². The standard InChI is InChI=1S/C25H35N3O2/c1-19-3-2-13-27(19)23-9-6-21(17-23)20-4-7-22(8-5-20)28-16-12-25(24(28)30)10-14-26(18-29)15-11-25/h4-5,7-8,18-19,21,23H,2-3,6,9-17H2,1H3. The lowest BCUT2D eigenvalue weighted by Gasteiger charge is -2.36. The number of likely N-dealkylation sites (tertiary alicyclic amines) is 2. The van der Waals surface area contributed by atoms with Gasteiger partial charge in [-0.1, -0.05) is 12.1 Å². The molecule has 2 amide bonds. The van der Waals surface area contributed by atoms with Crippen LogP contribution in [0.5, 0.6) is 0 Å². The van der Waals surface area contributed by atoms with Gasteiger partial charge in [0.1, 0.15) is 0 Å². The molecule has 3 aliphatic heterocycles. The Bertz CT molecular complexity index is 784. The van der Waals surface area contributed by atoms with Crippen molar-refractivity contribution in [2.75, 3.05) is 31.1 Å². The summed E-state index contributed by atoms with van der Waals surface area (Å²) in [6.07, 6.45) is 10.0. The summed E-state index contributed by atoms with van der Waals surface area (Å²) in [5.41, 5.74) is 2.23. The lowest BCUT2D eigenvalue weighted by molar-refractivity contribution is -0.131. The van der Waals surface area contributed by atoms with E-state index in [1.807, 2.05) is 4.90 Å². The number of hydrogen-bond acceptors (Lipinski definition) is 3. The van der Waals surface area contributed by atoms with Gasteiger partial charge in [0.05, 0.1) is 5.41 Å². The van der Waals surface area contributed by atoms with Crippen molar-refractivity contribution in [3.05, 3.63) is 29.8 Å². The summed E-state index contributed by atoms with van der Waals surface area (Å²) in [5.74, 6) is 0.926. The van der Waals surface area contributed by atoms with E-state index in [4.69, 9.17) is 0 Å². The van der Waals surface area contributed by atoms with E-state index in [0.29, 0.717) is 19.0 Å². The number of amides is 2. The summed E-state index contributed by atoms with van der Waals surface area (Å²) in [6, 6.07) is 10.4. The van der Waals surface area contributed by atoms with E-state index in [2.05, 4.69) is 36.1 Å². The molecular formula is C25H35N3O2. The molecule has 0 N–H and O–H groups in total. The van der Waals surface area contributed by atoms with Crippen LogP contribution in [0.1, 0.15) is 69.8 Å². The van der Waals surface area contributed by atoms with E-state index in [9.17, 15) is 9.59 Å². The fourth-order valence-corrected chi connectivity index (χ4v) is 6.57. The molecule has 4 fully saturated rings. The first-order valence-electron chi connectivity index (χ1n) is 12.0. The molecule has 0 aromatic heterocycles. The van der Waals surface area contributed by atoms with Crippen LogP contribution >= 0.6 is 0 Å². The third-order valence-electron chi connectivity index (χ3n) is 8.57. The highest BCUT2D eigenvalue weighted by molar-refractivity contribution is 6.00. The van der Waals surface area contributed by atoms with Gasteiger partial charge in [-0.15, -0.1) is 0 Å². The Morgan fingerprint density at radius 1 is 0.967 bits per heavy atom. The number of nitrogens with zero attached hydrogens (tertiary/aromatic N) is 3. The van der Waals surface area contributed by atoms with Crippen molar-refractivity contribution in [2.24, 2.45) is 5.41 Å². The van der Waals surface area contributed by atoms with E-state index in [0.717, 1.165) is 50.0 Å². The van der Waals surface area contributed by atoms with Crippen LogP contribution in [0.2, 0.25) is 0 Å². The van der Waals surface area contributed by atoms with Crippen LogP contribution in [-0.2, 0) is 9.59 Å². The summed E-state index contributed by atoms with van der Waals surface area (Å²) in [5, 5.41) is 0. The zero-order chi connectivity index (χ0) is 20.7. The minimum absolute atomic E-state index is 0.247. The van der Waals surface area contributed by atoms with Gasteiger partial charge in [0, 0.05) is 37.4 Å². The summed E-state index contributed by atoms with van der Waals surface area (Å²) >= 11 is 0. The zero-order valence-electron chi connectivity index (χ0n) is 18.3. The van der Waals surface area contributed by atoms with Crippen molar-refractivity contribution in [3.63, 3.8) is 0 Å². The third kappa shape index (κ3) is 3.45. The Hall–Kier alpha value is -1.88. The van der Waals surface area contributed by atoms with E-state index in [1.165, 1.54) is 44.2 Å². The molecule has 3 atom stereocenters. The summed E-state index contributed by atoms with van der Waals surface area (Å²) < 4.78 is 0. The summed E-state index contributed by atoms with van der Waals surface area (Å²) in [4.78, 5) is 30.8. The lowest BCUT2D eigenvalue weighted by Crippen LogP contribution is -2.44. The van der Waals surface area contributed by atoms with Crippen LogP contribution in [0, 0.1) is 5.41 Å². The topological polar surface area (TPSA) is 43.9 Å². The highest BCUT2D eigenvalue weighted by Gasteiger charge is 2.48. The number of piperidine rings is 1. The molecule has 1 aromatic rings. The first-order valence-corrected chi connectivity index (χ1v) is 12.0. The average Bonchev–Trinajstić information content (AvgIpc) is 3.49. The average molecular weight is 410 g/mol. The van der Waals surface area contributed by atoms with Crippen molar-refractivity contribution >= 4 is 18.0 Å². The van der Waals surface area contributed by atoms with Crippen LogP contribution in [0.15, 0.2) is 24.3 Å². The van der Waals surface area contributed by atoms with Gasteiger partial charge in [-0.2, -0.15) is 0 Å². The number of hydrogen-bond donors (Lipinski definition) is 0. The van der Waals surface area contributed by atoms with E-state index >= 15 is 0 Å². The Balaban J connectivity index is 1.23. The maximum atomic E-state index is 13.3. The fourth-order valence-electron chi connectivity index (χ4n) is 6.57. The second-order valence-corrected chi connectivity index (χ2v) is 10.1. The number of rotatable bonds is 4. The molecule has 3 heterocycles. The van der Waals surface area contributed by atoms with E-state index in [1.54, 1.807) is 4.90 Å². The number of carbonyl (C=O) groups excluding carboxylic acids is 2. The van der Waals surface area contributed by atoms with Gasteiger partial charge in [-0.05, 0) is 88.4 Å². The maximum Gasteiger partial charge on any atom is 0.233 e. The monoisotopic (exact) mass is 409 g/mol. The minimum Gasteiger partial charge on any atom is -0.345 e. The van der Waals surface area contributed by atoms with Gasteiger partial charge in [-0.3, -0.25) is 14.5 Å². The molecule has 3 saturated heterocycles. The van der Waals surface area contributed by atoms with E-state index < -0.39 is 0 Å². The first kappa shape index (κ1) is 20.0. The molecule has 1 aliphatic carbocycles.